The summed E-state index contributed by atoms with van der Waals surface area (Å²) in [6, 6.07) is 28.9. The summed E-state index contributed by atoms with van der Waals surface area (Å²) in [5.74, 6) is -0.513. The van der Waals surface area contributed by atoms with E-state index in [0.29, 0.717) is 19.4 Å². The maximum absolute atomic E-state index is 13.4. The number of hydrogen-bond acceptors (Lipinski definition) is 4. The number of rotatable bonds is 12. The van der Waals surface area contributed by atoms with Gasteiger partial charge in [0.1, 0.15) is 12.1 Å². The topological polar surface area (TPSA) is 63.7 Å². The van der Waals surface area contributed by atoms with Gasteiger partial charge < -0.3 is 4.74 Å². The monoisotopic (exact) mass is 519 g/mol. The van der Waals surface area contributed by atoms with E-state index in [2.05, 4.69) is 24.3 Å². The molecule has 6 heteroatoms. The first kappa shape index (κ1) is 27.1. The highest BCUT2D eigenvalue weighted by Gasteiger charge is 2.38. The van der Waals surface area contributed by atoms with Gasteiger partial charge in [0.15, 0.2) is 0 Å². The molecule has 3 aromatic rings. The molecular formula is C31H37NO4S. The number of esters is 1. The summed E-state index contributed by atoms with van der Waals surface area (Å²) in [6.07, 6.45) is 5.92. The van der Waals surface area contributed by atoms with Crippen LogP contribution in [0, 0.1) is 0 Å². The summed E-state index contributed by atoms with van der Waals surface area (Å²) in [5.41, 5.74) is 3.19. The van der Waals surface area contributed by atoms with E-state index < -0.39 is 22.0 Å². The molecule has 196 valence electrons. The quantitative estimate of drug-likeness (QED) is 0.278. The minimum Gasteiger partial charge on any atom is -0.461 e. The number of carbonyl (C=O) groups excluding carboxylic acids is 1. The smallest absolute Gasteiger partial charge is 0.324 e. The summed E-state index contributed by atoms with van der Waals surface area (Å²) in [6.45, 7) is 0.359. The Balaban J connectivity index is 1.42. The molecule has 0 spiro atoms. The van der Waals surface area contributed by atoms with Gasteiger partial charge in [-0.05, 0) is 68.1 Å². The highest BCUT2D eigenvalue weighted by molar-refractivity contribution is 7.88. The van der Waals surface area contributed by atoms with E-state index in [1.165, 1.54) is 15.4 Å². The van der Waals surface area contributed by atoms with Crippen LogP contribution in [0.4, 0.5) is 0 Å². The predicted octanol–water partition coefficient (Wildman–Crippen LogP) is 5.94. The zero-order valence-electron chi connectivity index (χ0n) is 21.4. The summed E-state index contributed by atoms with van der Waals surface area (Å²) in [5, 5.41) is 0. The fraction of sp³-hybridized carbons (Fsp3) is 0.387. The van der Waals surface area contributed by atoms with Crippen molar-refractivity contribution in [1.29, 1.82) is 0 Å². The van der Waals surface area contributed by atoms with Crippen molar-refractivity contribution in [3.63, 3.8) is 0 Å². The molecule has 0 N–H and O–H groups in total. The molecule has 0 amide bonds. The first-order chi connectivity index (χ1) is 18.0. The molecule has 3 aromatic carbocycles. The third-order valence-corrected chi connectivity index (χ3v) is 8.84. The molecule has 1 fully saturated rings. The van der Waals surface area contributed by atoms with Crippen molar-refractivity contribution in [1.82, 2.24) is 4.31 Å². The number of benzene rings is 3. The number of sulfonamides is 1. The molecule has 37 heavy (non-hydrogen) atoms. The van der Waals surface area contributed by atoms with Gasteiger partial charge in [0.2, 0.25) is 10.0 Å². The molecule has 2 atom stereocenters. The fourth-order valence-corrected chi connectivity index (χ4v) is 6.76. The van der Waals surface area contributed by atoms with Crippen molar-refractivity contribution in [3.05, 3.63) is 108 Å². The lowest BCUT2D eigenvalue weighted by Crippen LogP contribution is -2.49. The van der Waals surface area contributed by atoms with E-state index in [4.69, 9.17) is 4.74 Å². The third-order valence-electron chi connectivity index (χ3n) is 6.99. The van der Waals surface area contributed by atoms with Crippen LogP contribution in [0.25, 0.3) is 0 Å². The van der Waals surface area contributed by atoms with Gasteiger partial charge in [-0.2, -0.15) is 4.31 Å². The van der Waals surface area contributed by atoms with Crippen LogP contribution in [0.5, 0.6) is 0 Å². The first-order valence-electron chi connectivity index (χ1n) is 13.3. The van der Waals surface area contributed by atoms with Gasteiger partial charge in [-0.15, -0.1) is 0 Å². The highest BCUT2D eigenvalue weighted by atomic mass is 32.2. The Hall–Kier alpha value is -2.96. The van der Waals surface area contributed by atoms with Crippen molar-refractivity contribution in [3.8, 4) is 0 Å². The second-order valence-electron chi connectivity index (χ2n) is 9.83. The molecule has 4 rings (SSSR count). The number of aryl methyl sites for hydroxylation is 2. The van der Waals surface area contributed by atoms with E-state index in [-0.39, 0.29) is 11.9 Å². The first-order valence-corrected chi connectivity index (χ1v) is 14.9. The number of piperidine rings is 1. The largest absolute Gasteiger partial charge is 0.461 e. The Kier molecular flexibility index (Phi) is 9.92. The molecule has 0 aromatic heterocycles. The molecule has 2 unspecified atom stereocenters. The Morgan fingerprint density at radius 3 is 1.97 bits per heavy atom. The Labute approximate surface area is 221 Å². The molecule has 0 bridgehead atoms. The molecule has 0 aliphatic carbocycles. The SMILES string of the molecule is O=C(OC(CCCc1ccccc1)CCc1ccccc1)C1CCCCN1S(=O)(=O)Cc1ccccc1. The summed E-state index contributed by atoms with van der Waals surface area (Å²) in [4.78, 5) is 13.4. The zero-order chi connectivity index (χ0) is 25.9. The van der Waals surface area contributed by atoms with Gasteiger partial charge in [-0.25, -0.2) is 8.42 Å². The number of nitrogens with zero attached hydrogens (tertiary/aromatic N) is 1. The van der Waals surface area contributed by atoms with Gasteiger partial charge >= 0.3 is 5.97 Å². The van der Waals surface area contributed by atoms with Crippen LogP contribution in [0.15, 0.2) is 91.0 Å². The molecule has 0 saturated carbocycles. The third kappa shape index (κ3) is 8.27. The van der Waals surface area contributed by atoms with Crippen LogP contribution in [0.1, 0.15) is 55.2 Å². The van der Waals surface area contributed by atoms with Gasteiger partial charge in [-0.3, -0.25) is 4.79 Å². The van der Waals surface area contributed by atoms with Crippen LogP contribution < -0.4 is 0 Å². The Morgan fingerprint density at radius 2 is 1.35 bits per heavy atom. The molecule has 1 aliphatic rings. The van der Waals surface area contributed by atoms with Crippen LogP contribution in [-0.4, -0.2) is 37.4 Å². The van der Waals surface area contributed by atoms with Crippen molar-refractivity contribution in [2.45, 2.75) is 69.3 Å². The van der Waals surface area contributed by atoms with Crippen molar-refractivity contribution < 1.29 is 17.9 Å². The standard InChI is InChI=1S/C31H37NO4S/c33-31(30-21-10-11-24-32(30)37(34,35)25-28-17-8-3-9-18-28)36-29(23-22-27-15-6-2-7-16-27)20-12-19-26-13-4-1-5-14-26/h1-9,13-18,29-30H,10-12,19-25H2. The van der Waals surface area contributed by atoms with Gasteiger partial charge in [0.25, 0.3) is 0 Å². The predicted molar refractivity (Wildman–Crippen MR) is 147 cm³/mol. The van der Waals surface area contributed by atoms with Crippen molar-refractivity contribution in [2.24, 2.45) is 0 Å². The maximum atomic E-state index is 13.4. The minimum absolute atomic E-state index is 0.105. The fourth-order valence-electron chi connectivity index (χ4n) is 5.00. The maximum Gasteiger partial charge on any atom is 0.324 e. The van der Waals surface area contributed by atoms with Gasteiger partial charge in [0, 0.05) is 6.54 Å². The molecule has 1 heterocycles. The average molecular weight is 520 g/mol. The van der Waals surface area contributed by atoms with E-state index in [1.807, 2.05) is 54.6 Å². The van der Waals surface area contributed by atoms with Crippen LogP contribution in [-0.2, 0) is 38.1 Å². The normalized spacial score (nSPS) is 17.2. The van der Waals surface area contributed by atoms with E-state index in [0.717, 1.165) is 44.1 Å². The van der Waals surface area contributed by atoms with Gasteiger partial charge in [-0.1, -0.05) is 91.0 Å². The lowest BCUT2D eigenvalue weighted by molar-refractivity contribution is -0.155. The van der Waals surface area contributed by atoms with Crippen molar-refractivity contribution >= 4 is 16.0 Å². The van der Waals surface area contributed by atoms with Crippen LogP contribution >= 0.6 is 0 Å². The summed E-state index contributed by atoms with van der Waals surface area (Å²) < 4.78 is 34.1. The van der Waals surface area contributed by atoms with E-state index >= 15 is 0 Å². The number of carbonyl (C=O) groups is 1. The van der Waals surface area contributed by atoms with Crippen LogP contribution in [0.3, 0.4) is 0 Å². The number of ether oxygens (including phenoxy) is 1. The second kappa shape index (κ2) is 13.5. The lowest BCUT2D eigenvalue weighted by Gasteiger charge is -2.34. The molecular weight excluding hydrogens is 482 g/mol. The summed E-state index contributed by atoms with van der Waals surface area (Å²) in [7, 11) is -3.64. The lowest BCUT2D eigenvalue weighted by atomic mass is 10.0. The van der Waals surface area contributed by atoms with Crippen LogP contribution in [0.2, 0.25) is 0 Å². The molecule has 5 nitrogen and oxygen atoms in total. The van der Waals surface area contributed by atoms with Crippen molar-refractivity contribution in [2.75, 3.05) is 6.54 Å². The average Bonchev–Trinajstić information content (AvgIpc) is 2.93. The van der Waals surface area contributed by atoms with Gasteiger partial charge in [0.05, 0.1) is 5.75 Å². The number of hydrogen-bond donors (Lipinski definition) is 0. The summed E-state index contributed by atoms with van der Waals surface area (Å²) >= 11 is 0. The second-order valence-corrected chi connectivity index (χ2v) is 11.7. The van der Waals surface area contributed by atoms with E-state index in [1.54, 1.807) is 12.1 Å². The molecule has 0 radical (unpaired) electrons. The molecule has 1 aliphatic heterocycles. The van der Waals surface area contributed by atoms with E-state index in [9.17, 15) is 13.2 Å². The Morgan fingerprint density at radius 1 is 0.784 bits per heavy atom. The minimum atomic E-state index is -3.64. The highest BCUT2D eigenvalue weighted by Crippen LogP contribution is 2.25. The zero-order valence-corrected chi connectivity index (χ0v) is 22.2. The Bertz CT molecular complexity index is 1200. The molecule has 1 saturated heterocycles.